The van der Waals surface area contributed by atoms with Crippen LogP contribution in [-0.2, 0) is 4.74 Å². The van der Waals surface area contributed by atoms with E-state index in [-0.39, 0.29) is 11.9 Å². The maximum absolute atomic E-state index is 12.0. The number of pyridine rings is 1. The molecule has 0 bridgehead atoms. The summed E-state index contributed by atoms with van der Waals surface area (Å²) in [4.78, 5) is 16.2. The van der Waals surface area contributed by atoms with Crippen molar-refractivity contribution in [2.45, 2.75) is 38.3 Å². The van der Waals surface area contributed by atoms with Gasteiger partial charge in [0.15, 0.2) is 0 Å². The maximum Gasteiger partial charge on any atom is 0.253 e. The van der Waals surface area contributed by atoms with E-state index in [1.54, 1.807) is 19.4 Å². The topological polar surface area (TPSA) is 63.2 Å². The largest absolute Gasteiger partial charge is 0.381 e. The average molecular weight is 263 g/mol. The van der Waals surface area contributed by atoms with E-state index < -0.39 is 0 Å². The Labute approximate surface area is 113 Å². The molecule has 19 heavy (non-hydrogen) atoms. The van der Waals surface area contributed by atoms with Gasteiger partial charge < -0.3 is 15.4 Å². The van der Waals surface area contributed by atoms with Crippen molar-refractivity contribution in [1.29, 1.82) is 0 Å². The van der Waals surface area contributed by atoms with Gasteiger partial charge in [0, 0.05) is 25.9 Å². The summed E-state index contributed by atoms with van der Waals surface area (Å²) in [7, 11) is 1.70. The van der Waals surface area contributed by atoms with Crippen LogP contribution in [0, 0.1) is 0 Å². The number of aromatic nitrogens is 1. The van der Waals surface area contributed by atoms with E-state index in [2.05, 4.69) is 22.5 Å². The number of hydrogen-bond acceptors (Lipinski definition) is 4. The lowest BCUT2D eigenvalue weighted by Crippen LogP contribution is -2.47. The fourth-order valence-corrected chi connectivity index (χ4v) is 2.03. The molecule has 0 spiro atoms. The molecule has 1 amide bonds. The molecule has 5 nitrogen and oxygen atoms in total. The molecular formula is C14H21N3O2. The molecule has 0 atom stereocenters. The Morgan fingerprint density at radius 2 is 2.26 bits per heavy atom. The summed E-state index contributed by atoms with van der Waals surface area (Å²) in [6.45, 7) is 2.99. The Bertz CT molecular complexity index is 413. The van der Waals surface area contributed by atoms with Gasteiger partial charge in [0.25, 0.3) is 5.91 Å². The van der Waals surface area contributed by atoms with Crippen LogP contribution in [0.15, 0.2) is 18.3 Å². The van der Waals surface area contributed by atoms with Crippen molar-refractivity contribution in [1.82, 2.24) is 10.3 Å². The minimum absolute atomic E-state index is 0.0610. The van der Waals surface area contributed by atoms with Crippen molar-refractivity contribution in [3.8, 4) is 0 Å². The van der Waals surface area contributed by atoms with Crippen LogP contribution in [0.5, 0.6) is 0 Å². The first-order valence-corrected chi connectivity index (χ1v) is 6.76. The number of anilines is 1. The molecule has 1 fully saturated rings. The lowest BCUT2D eigenvalue weighted by Gasteiger charge is -2.34. The van der Waals surface area contributed by atoms with E-state index in [0.717, 1.165) is 31.6 Å². The van der Waals surface area contributed by atoms with E-state index in [0.29, 0.717) is 11.7 Å². The quantitative estimate of drug-likeness (QED) is 0.821. The number of nitrogens with one attached hydrogen (secondary N) is 2. The van der Waals surface area contributed by atoms with Gasteiger partial charge in [-0.05, 0) is 31.4 Å². The van der Waals surface area contributed by atoms with Crippen molar-refractivity contribution in [3.05, 3.63) is 23.9 Å². The second-order valence-corrected chi connectivity index (χ2v) is 4.86. The molecule has 1 aromatic heterocycles. The molecule has 0 saturated heterocycles. The monoisotopic (exact) mass is 263 g/mol. The SMILES string of the molecule is CCCNc1ccc(C(=O)NC2CC(OC)C2)cn1. The Kier molecular flexibility index (Phi) is 4.74. The first kappa shape index (κ1) is 13.8. The van der Waals surface area contributed by atoms with Gasteiger partial charge >= 0.3 is 0 Å². The third-order valence-corrected chi connectivity index (χ3v) is 3.35. The van der Waals surface area contributed by atoms with E-state index in [4.69, 9.17) is 4.74 Å². The standard InChI is InChI=1S/C14H21N3O2/c1-3-6-15-13-5-4-10(9-16-13)14(18)17-11-7-12(8-11)19-2/h4-5,9,11-12H,3,6-8H2,1-2H3,(H,15,16)(H,17,18). The highest BCUT2D eigenvalue weighted by Gasteiger charge is 2.30. The van der Waals surface area contributed by atoms with Crippen molar-refractivity contribution in [2.75, 3.05) is 19.0 Å². The minimum Gasteiger partial charge on any atom is -0.381 e. The number of rotatable bonds is 6. The van der Waals surface area contributed by atoms with Gasteiger partial charge in [0.1, 0.15) is 5.82 Å². The molecule has 0 radical (unpaired) electrons. The van der Waals surface area contributed by atoms with E-state index >= 15 is 0 Å². The van der Waals surface area contributed by atoms with Crippen LogP contribution in [0.4, 0.5) is 5.82 Å². The minimum atomic E-state index is -0.0610. The van der Waals surface area contributed by atoms with Crippen molar-refractivity contribution in [3.63, 3.8) is 0 Å². The highest BCUT2D eigenvalue weighted by molar-refractivity contribution is 5.94. The van der Waals surface area contributed by atoms with Crippen molar-refractivity contribution < 1.29 is 9.53 Å². The third-order valence-electron chi connectivity index (χ3n) is 3.35. The van der Waals surface area contributed by atoms with Gasteiger partial charge in [-0.15, -0.1) is 0 Å². The predicted molar refractivity (Wildman–Crippen MR) is 74.3 cm³/mol. The van der Waals surface area contributed by atoms with E-state index in [9.17, 15) is 4.79 Å². The van der Waals surface area contributed by atoms with Crippen molar-refractivity contribution >= 4 is 11.7 Å². The molecule has 0 aliphatic heterocycles. The molecule has 104 valence electrons. The lowest BCUT2D eigenvalue weighted by atomic mass is 9.89. The first-order valence-electron chi connectivity index (χ1n) is 6.76. The zero-order valence-corrected chi connectivity index (χ0v) is 11.5. The Morgan fingerprint density at radius 3 is 2.84 bits per heavy atom. The van der Waals surface area contributed by atoms with Gasteiger partial charge in [-0.1, -0.05) is 6.92 Å². The molecule has 2 rings (SSSR count). The first-order chi connectivity index (χ1) is 9.22. The van der Waals surface area contributed by atoms with Crippen LogP contribution in [-0.4, -0.2) is 36.7 Å². The zero-order valence-electron chi connectivity index (χ0n) is 11.5. The predicted octanol–water partition coefficient (Wildman–Crippen LogP) is 1.81. The fraction of sp³-hybridized carbons (Fsp3) is 0.571. The number of hydrogen-bond donors (Lipinski definition) is 2. The highest BCUT2D eigenvalue weighted by Crippen LogP contribution is 2.22. The Balaban J connectivity index is 1.82. The normalized spacial score (nSPS) is 21.6. The van der Waals surface area contributed by atoms with Gasteiger partial charge in [0.2, 0.25) is 0 Å². The number of amides is 1. The van der Waals surface area contributed by atoms with Crippen LogP contribution >= 0.6 is 0 Å². The van der Waals surface area contributed by atoms with Gasteiger partial charge in [-0.3, -0.25) is 4.79 Å². The Hall–Kier alpha value is -1.62. The molecule has 2 N–H and O–H groups in total. The highest BCUT2D eigenvalue weighted by atomic mass is 16.5. The summed E-state index contributed by atoms with van der Waals surface area (Å²) in [5.74, 6) is 0.746. The van der Waals surface area contributed by atoms with Crippen LogP contribution in [0.3, 0.4) is 0 Å². The van der Waals surface area contributed by atoms with Crippen LogP contribution < -0.4 is 10.6 Å². The van der Waals surface area contributed by atoms with Crippen LogP contribution in [0.1, 0.15) is 36.5 Å². The van der Waals surface area contributed by atoms with Crippen LogP contribution in [0.2, 0.25) is 0 Å². The fourth-order valence-electron chi connectivity index (χ4n) is 2.03. The molecule has 0 aromatic carbocycles. The summed E-state index contributed by atoms with van der Waals surface area (Å²) in [6, 6.07) is 3.87. The summed E-state index contributed by atoms with van der Waals surface area (Å²) in [6.07, 6.45) is 4.74. The molecule has 1 aliphatic carbocycles. The summed E-state index contributed by atoms with van der Waals surface area (Å²) in [5, 5.41) is 6.16. The number of carbonyl (C=O) groups is 1. The summed E-state index contributed by atoms with van der Waals surface area (Å²) >= 11 is 0. The molecular weight excluding hydrogens is 242 g/mol. The molecule has 0 unspecified atom stereocenters. The Morgan fingerprint density at radius 1 is 1.47 bits per heavy atom. The van der Waals surface area contributed by atoms with Gasteiger partial charge in [-0.2, -0.15) is 0 Å². The average Bonchev–Trinajstić information content (AvgIpc) is 2.40. The van der Waals surface area contributed by atoms with E-state index in [1.165, 1.54) is 0 Å². The maximum atomic E-state index is 12.0. The molecule has 1 aromatic rings. The van der Waals surface area contributed by atoms with Gasteiger partial charge in [-0.25, -0.2) is 4.98 Å². The van der Waals surface area contributed by atoms with Crippen LogP contribution in [0.25, 0.3) is 0 Å². The van der Waals surface area contributed by atoms with Crippen molar-refractivity contribution in [2.24, 2.45) is 0 Å². The summed E-state index contributed by atoms with van der Waals surface area (Å²) in [5.41, 5.74) is 0.600. The number of methoxy groups -OCH3 is 1. The molecule has 5 heteroatoms. The van der Waals surface area contributed by atoms with E-state index in [1.807, 2.05) is 6.07 Å². The molecule has 1 saturated carbocycles. The van der Waals surface area contributed by atoms with Gasteiger partial charge in [0.05, 0.1) is 11.7 Å². The number of ether oxygens (including phenoxy) is 1. The number of carbonyl (C=O) groups excluding carboxylic acids is 1. The second-order valence-electron chi connectivity index (χ2n) is 4.86. The summed E-state index contributed by atoms with van der Waals surface area (Å²) < 4.78 is 5.18. The second kappa shape index (κ2) is 6.52. The zero-order chi connectivity index (χ0) is 13.7. The molecule has 1 aliphatic rings. The molecule has 1 heterocycles. The number of nitrogens with zero attached hydrogens (tertiary/aromatic N) is 1. The lowest BCUT2D eigenvalue weighted by molar-refractivity contribution is 0.0176. The third kappa shape index (κ3) is 3.67. The smallest absolute Gasteiger partial charge is 0.253 e.